The first kappa shape index (κ1) is 14.8. The van der Waals surface area contributed by atoms with Gasteiger partial charge in [-0.3, -0.25) is 10.1 Å². The highest BCUT2D eigenvalue weighted by Gasteiger charge is 2.39. The lowest BCUT2D eigenvalue weighted by Gasteiger charge is -2.33. The molecule has 1 aliphatic carbocycles. The van der Waals surface area contributed by atoms with E-state index in [0.717, 1.165) is 31.7 Å². The zero-order chi connectivity index (χ0) is 13.8. The number of rotatable bonds is 7. The van der Waals surface area contributed by atoms with Gasteiger partial charge in [-0.15, -0.1) is 0 Å². The van der Waals surface area contributed by atoms with Crippen molar-refractivity contribution in [2.75, 3.05) is 6.54 Å². The van der Waals surface area contributed by atoms with Gasteiger partial charge in [-0.25, -0.2) is 0 Å². The van der Waals surface area contributed by atoms with Crippen LogP contribution in [0.25, 0.3) is 0 Å². The molecule has 2 fully saturated rings. The monoisotopic (exact) mass is 266 g/mol. The lowest BCUT2D eigenvalue weighted by Crippen LogP contribution is -2.42. The topological polar surface area (TPSA) is 32.3 Å². The molecule has 0 aromatic heterocycles. The van der Waals surface area contributed by atoms with Gasteiger partial charge in [0.15, 0.2) is 0 Å². The van der Waals surface area contributed by atoms with E-state index in [1.165, 1.54) is 25.7 Å². The maximum Gasteiger partial charge on any atom is 0.241 e. The molecule has 1 heterocycles. The maximum atomic E-state index is 12.5. The summed E-state index contributed by atoms with van der Waals surface area (Å²) in [6.45, 7) is 7.67. The molecule has 1 amide bonds. The maximum absolute atomic E-state index is 12.5. The van der Waals surface area contributed by atoms with Crippen LogP contribution >= 0.6 is 0 Å². The van der Waals surface area contributed by atoms with E-state index in [-0.39, 0.29) is 12.2 Å². The Bertz CT molecular complexity index is 299. The summed E-state index contributed by atoms with van der Waals surface area (Å²) < 4.78 is 0. The second kappa shape index (κ2) is 6.74. The summed E-state index contributed by atoms with van der Waals surface area (Å²) in [5, 5.41) is 3.59. The number of nitrogens with one attached hydrogen (secondary N) is 1. The molecule has 0 aromatic rings. The Kier molecular flexibility index (Phi) is 5.26. The van der Waals surface area contributed by atoms with Gasteiger partial charge in [0, 0.05) is 6.54 Å². The molecule has 0 aromatic carbocycles. The number of unbranched alkanes of at least 4 members (excludes halogenated alkanes) is 1. The van der Waals surface area contributed by atoms with Crippen LogP contribution in [0.1, 0.15) is 65.7 Å². The largest absolute Gasteiger partial charge is 0.326 e. The molecule has 110 valence electrons. The van der Waals surface area contributed by atoms with Gasteiger partial charge in [0.25, 0.3) is 0 Å². The van der Waals surface area contributed by atoms with Gasteiger partial charge in [0.1, 0.15) is 0 Å². The first-order chi connectivity index (χ1) is 9.11. The van der Waals surface area contributed by atoms with Gasteiger partial charge in [-0.2, -0.15) is 0 Å². The average Bonchev–Trinajstić information content (AvgIpc) is 2.57. The van der Waals surface area contributed by atoms with Crippen LogP contribution in [0.5, 0.6) is 0 Å². The van der Waals surface area contributed by atoms with Crippen LogP contribution in [0.3, 0.4) is 0 Å². The van der Waals surface area contributed by atoms with Crippen LogP contribution in [0.4, 0.5) is 0 Å². The minimum absolute atomic E-state index is 0.0868. The van der Waals surface area contributed by atoms with E-state index < -0.39 is 0 Å². The smallest absolute Gasteiger partial charge is 0.241 e. The lowest BCUT2D eigenvalue weighted by molar-refractivity contribution is -0.131. The summed E-state index contributed by atoms with van der Waals surface area (Å²) in [6, 6.07) is 0.0868. The fourth-order valence-electron chi connectivity index (χ4n) is 3.17. The minimum atomic E-state index is 0.0868. The SMILES string of the molecule is CCCCC1NC(CC(C)C)N(CC2CCC2)C1=O. The van der Waals surface area contributed by atoms with Crippen molar-refractivity contribution in [1.82, 2.24) is 10.2 Å². The van der Waals surface area contributed by atoms with Gasteiger partial charge < -0.3 is 4.90 Å². The van der Waals surface area contributed by atoms with Crippen LogP contribution < -0.4 is 5.32 Å². The zero-order valence-corrected chi connectivity index (χ0v) is 12.8. The molecule has 1 N–H and O–H groups in total. The summed E-state index contributed by atoms with van der Waals surface area (Å²) in [7, 11) is 0. The molecule has 0 spiro atoms. The van der Waals surface area contributed by atoms with Gasteiger partial charge in [0.05, 0.1) is 12.2 Å². The van der Waals surface area contributed by atoms with Crippen LogP contribution in [-0.2, 0) is 4.79 Å². The number of carbonyl (C=O) groups excluding carboxylic acids is 1. The molecule has 1 saturated carbocycles. The molecular weight excluding hydrogens is 236 g/mol. The molecule has 1 saturated heterocycles. The molecule has 0 radical (unpaired) electrons. The van der Waals surface area contributed by atoms with Crippen LogP contribution in [0.15, 0.2) is 0 Å². The summed E-state index contributed by atoms with van der Waals surface area (Å²) in [5.41, 5.74) is 0. The molecule has 19 heavy (non-hydrogen) atoms. The zero-order valence-electron chi connectivity index (χ0n) is 12.8. The van der Waals surface area contributed by atoms with Crippen molar-refractivity contribution in [2.45, 2.75) is 77.9 Å². The van der Waals surface area contributed by atoms with Gasteiger partial charge in [-0.05, 0) is 37.5 Å². The predicted octanol–water partition coefficient (Wildman–Crippen LogP) is 3.15. The van der Waals surface area contributed by atoms with Gasteiger partial charge in [-0.1, -0.05) is 40.0 Å². The van der Waals surface area contributed by atoms with Gasteiger partial charge >= 0.3 is 0 Å². The van der Waals surface area contributed by atoms with E-state index in [4.69, 9.17) is 0 Å². The average molecular weight is 266 g/mol. The van der Waals surface area contributed by atoms with Crippen molar-refractivity contribution in [3.8, 4) is 0 Å². The van der Waals surface area contributed by atoms with Crippen molar-refractivity contribution in [2.24, 2.45) is 11.8 Å². The second-order valence-electron chi connectivity index (χ2n) is 6.79. The molecule has 2 atom stereocenters. The third-order valence-corrected chi connectivity index (χ3v) is 4.57. The summed E-state index contributed by atoms with van der Waals surface area (Å²) >= 11 is 0. The quantitative estimate of drug-likeness (QED) is 0.767. The first-order valence-electron chi connectivity index (χ1n) is 8.18. The van der Waals surface area contributed by atoms with E-state index in [1.54, 1.807) is 0 Å². The minimum Gasteiger partial charge on any atom is -0.326 e. The Balaban J connectivity index is 1.95. The number of nitrogens with zero attached hydrogens (tertiary/aromatic N) is 1. The highest BCUT2D eigenvalue weighted by molar-refractivity contribution is 5.84. The van der Waals surface area contributed by atoms with Gasteiger partial charge in [0.2, 0.25) is 5.91 Å². The second-order valence-corrected chi connectivity index (χ2v) is 6.79. The Morgan fingerprint density at radius 1 is 1.37 bits per heavy atom. The predicted molar refractivity (Wildman–Crippen MR) is 78.7 cm³/mol. The molecule has 2 unspecified atom stereocenters. The summed E-state index contributed by atoms with van der Waals surface area (Å²) in [6.07, 6.45) is 8.68. The Hall–Kier alpha value is -0.570. The fraction of sp³-hybridized carbons (Fsp3) is 0.938. The summed E-state index contributed by atoms with van der Waals surface area (Å²) in [4.78, 5) is 14.7. The molecule has 3 nitrogen and oxygen atoms in total. The molecule has 2 aliphatic rings. The van der Waals surface area contributed by atoms with E-state index in [1.807, 2.05) is 0 Å². The van der Waals surface area contributed by atoms with Crippen molar-refractivity contribution in [3.63, 3.8) is 0 Å². The number of carbonyl (C=O) groups is 1. The third kappa shape index (κ3) is 3.71. The van der Waals surface area contributed by atoms with Crippen LogP contribution in [-0.4, -0.2) is 29.6 Å². The van der Waals surface area contributed by atoms with Crippen molar-refractivity contribution in [1.29, 1.82) is 0 Å². The Morgan fingerprint density at radius 2 is 2.11 bits per heavy atom. The number of hydrogen-bond acceptors (Lipinski definition) is 2. The molecule has 2 rings (SSSR count). The summed E-state index contributed by atoms with van der Waals surface area (Å²) in [5.74, 6) is 1.77. The molecule has 1 aliphatic heterocycles. The van der Waals surface area contributed by atoms with Crippen LogP contribution in [0, 0.1) is 11.8 Å². The molecule has 0 bridgehead atoms. The van der Waals surface area contributed by atoms with E-state index in [2.05, 4.69) is 31.0 Å². The highest BCUT2D eigenvalue weighted by Crippen LogP contribution is 2.30. The van der Waals surface area contributed by atoms with Crippen molar-refractivity contribution in [3.05, 3.63) is 0 Å². The van der Waals surface area contributed by atoms with E-state index >= 15 is 0 Å². The Morgan fingerprint density at radius 3 is 2.63 bits per heavy atom. The third-order valence-electron chi connectivity index (χ3n) is 4.57. The first-order valence-corrected chi connectivity index (χ1v) is 8.18. The fourth-order valence-corrected chi connectivity index (χ4v) is 3.17. The van der Waals surface area contributed by atoms with E-state index in [9.17, 15) is 4.79 Å². The highest BCUT2D eigenvalue weighted by atomic mass is 16.2. The number of amides is 1. The Labute approximate surface area is 118 Å². The lowest BCUT2D eigenvalue weighted by atomic mass is 9.85. The van der Waals surface area contributed by atoms with Crippen molar-refractivity contribution < 1.29 is 4.79 Å². The number of hydrogen-bond donors (Lipinski definition) is 1. The van der Waals surface area contributed by atoms with Crippen molar-refractivity contribution >= 4 is 5.91 Å². The standard InChI is InChI=1S/C16H30N2O/c1-4-5-9-14-16(19)18(11-13-7-6-8-13)15(17-14)10-12(2)3/h12-15,17H,4-11H2,1-3H3. The normalized spacial score (nSPS) is 28.2. The van der Waals surface area contributed by atoms with E-state index in [0.29, 0.717) is 11.8 Å². The molecular formula is C16H30N2O. The molecule has 3 heteroatoms. The van der Waals surface area contributed by atoms with Crippen LogP contribution in [0.2, 0.25) is 0 Å².